The average Bonchev–Trinajstić information content (AvgIpc) is 3.07. The van der Waals surface area contributed by atoms with Crippen LogP contribution in [0.15, 0.2) is 0 Å². The largest absolute Gasteiger partial charge is 0.462 e. The standard InChI is InChI=1S/C44H86O5/c1-40(2)34-30-26-22-18-14-11-9-7-5-6-8-10-12-16-21-25-29-33-37-44(47)49-42(38-45)39-48-43(46)36-32-28-24-20-17-13-15-19-23-27-31-35-41(3)4/h40-42,45H,5-39H2,1-4H3/t42-/m0/s1. The van der Waals surface area contributed by atoms with Gasteiger partial charge in [0.1, 0.15) is 6.61 Å². The van der Waals surface area contributed by atoms with Crippen LogP contribution in [0.3, 0.4) is 0 Å². The van der Waals surface area contributed by atoms with Gasteiger partial charge in [0.05, 0.1) is 6.61 Å². The lowest BCUT2D eigenvalue weighted by molar-refractivity contribution is -0.161. The summed E-state index contributed by atoms with van der Waals surface area (Å²) >= 11 is 0. The Hall–Kier alpha value is -1.10. The Kier molecular flexibility index (Phi) is 37.3. The summed E-state index contributed by atoms with van der Waals surface area (Å²) in [5.41, 5.74) is 0. The number of aliphatic hydroxyl groups excluding tert-OH is 1. The van der Waals surface area contributed by atoms with Crippen molar-refractivity contribution in [3.05, 3.63) is 0 Å². The van der Waals surface area contributed by atoms with Crippen molar-refractivity contribution >= 4 is 11.9 Å². The molecule has 0 aliphatic rings. The number of aliphatic hydroxyl groups is 1. The van der Waals surface area contributed by atoms with E-state index in [4.69, 9.17) is 9.47 Å². The zero-order valence-corrected chi connectivity index (χ0v) is 33.6. The van der Waals surface area contributed by atoms with Gasteiger partial charge in [-0.25, -0.2) is 0 Å². The SMILES string of the molecule is CC(C)CCCCCCCCCCCCCCCCCCCCC(=O)O[C@@H](CO)COC(=O)CCCCCCCCCCCCCC(C)C. The van der Waals surface area contributed by atoms with E-state index >= 15 is 0 Å². The van der Waals surface area contributed by atoms with Crippen LogP contribution in [0.1, 0.15) is 240 Å². The molecule has 0 fully saturated rings. The molecule has 0 unspecified atom stereocenters. The molecule has 49 heavy (non-hydrogen) atoms. The maximum absolute atomic E-state index is 12.2. The minimum absolute atomic E-state index is 0.0582. The summed E-state index contributed by atoms with van der Waals surface area (Å²) in [6.07, 6.45) is 40.3. The molecule has 0 aromatic heterocycles. The third-order valence-corrected chi connectivity index (χ3v) is 10.0. The second kappa shape index (κ2) is 38.1. The van der Waals surface area contributed by atoms with Crippen molar-refractivity contribution in [1.82, 2.24) is 0 Å². The summed E-state index contributed by atoms with van der Waals surface area (Å²) in [5.74, 6) is 1.12. The molecule has 0 aliphatic carbocycles. The van der Waals surface area contributed by atoms with Gasteiger partial charge < -0.3 is 14.6 Å². The molecule has 0 radical (unpaired) electrons. The van der Waals surface area contributed by atoms with Crippen LogP contribution in [0, 0.1) is 11.8 Å². The van der Waals surface area contributed by atoms with Gasteiger partial charge in [-0.05, 0) is 24.7 Å². The molecule has 1 atom stereocenters. The summed E-state index contributed by atoms with van der Waals surface area (Å²) in [4.78, 5) is 24.3. The molecule has 0 bridgehead atoms. The maximum Gasteiger partial charge on any atom is 0.306 e. The Labute approximate surface area is 306 Å². The molecule has 0 rings (SSSR count). The monoisotopic (exact) mass is 695 g/mol. The molecule has 0 saturated carbocycles. The van der Waals surface area contributed by atoms with Crippen LogP contribution in [-0.2, 0) is 19.1 Å². The van der Waals surface area contributed by atoms with Crippen molar-refractivity contribution in [2.24, 2.45) is 11.8 Å². The Morgan fingerprint density at radius 2 is 0.673 bits per heavy atom. The lowest BCUT2D eigenvalue weighted by atomic mass is 10.0. The Balaban J connectivity index is 3.46. The first-order valence-corrected chi connectivity index (χ1v) is 21.8. The van der Waals surface area contributed by atoms with Crippen LogP contribution >= 0.6 is 0 Å². The smallest absolute Gasteiger partial charge is 0.306 e. The summed E-state index contributed by atoms with van der Waals surface area (Å²) in [7, 11) is 0. The second-order valence-electron chi connectivity index (χ2n) is 16.1. The molecule has 5 heteroatoms. The van der Waals surface area contributed by atoms with Crippen LogP contribution in [0.25, 0.3) is 0 Å². The first-order chi connectivity index (χ1) is 23.8. The zero-order chi connectivity index (χ0) is 36.0. The Morgan fingerprint density at radius 3 is 0.959 bits per heavy atom. The number of esters is 2. The predicted octanol–water partition coefficient (Wildman–Crippen LogP) is 13.6. The molecule has 0 aliphatic heterocycles. The first kappa shape index (κ1) is 47.9. The number of hydrogen-bond acceptors (Lipinski definition) is 5. The first-order valence-electron chi connectivity index (χ1n) is 21.8. The third kappa shape index (κ3) is 39.5. The van der Waals surface area contributed by atoms with Crippen molar-refractivity contribution < 1.29 is 24.2 Å². The quantitative estimate of drug-likeness (QED) is 0.0512. The number of carbonyl (C=O) groups is 2. The highest BCUT2D eigenvalue weighted by Gasteiger charge is 2.16. The normalized spacial score (nSPS) is 12.2. The maximum atomic E-state index is 12.2. The number of rotatable bonds is 39. The molecule has 0 amide bonds. The minimum atomic E-state index is -0.763. The van der Waals surface area contributed by atoms with Crippen LogP contribution in [0.4, 0.5) is 0 Å². The molecule has 0 saturated heterocycles. The minimum Gasteiger partial charge on any atom is -0.462 e. The van der Waals surface area contributed by atoms with E-state index in [1.165, 1.54) is 161 Å². The molecule has 0 aromatic carbocycles. The van der Waals surface area contributed by atoms with Crippen LogP contribution in [-0.4, -0.2) is 36.4 Å². The fourth-order valence-electron chi connectivity index (χ4n) is 6.69. The van der Waals surface area contributed by atoms with Crippen LogP contribution in [0.2, 0.25) is 0 Å². The van der Waals surface area contributed by atoms with Gasteiger partial charge in [0, 0.05) is 12.8 Å². The topological polar surface area (TPSA) is 72.8 Å². The molecule has 1 N–H and O–H groups in total. The van der Waals surface area contributed by atoms with E-state index in [0.717, 1.165) is 50.4 Å². The van der Waals surface area contributed by atoms with E-state index in [0.29, 0.717) is 12.8 Å². The molecule has 292 valence electrons. The number of hydrogen-bond donors (Lipinski definition) is 1. The molecule has 0 spiro atoms. The van der Waals surface area contributed by atoms with Crippen molar-refractivity contribution in [2.45, 2.75) is 246 Å². The molecule has 0 aromatic rings. The highest BCUT2D eigenvalue weighted by molar-refractivity contribution is 5.70. The van der Waals surface area contributed by atoms with Crippen molar-refractivity contribution in [2.75, 3.05) is 13.2 Å². The summed E-state index contributed by atoms with van der Waals surface area (Å²) in [5, 5.41) is 9.57. The van der Waals surface area contributed by atoms with Crippen LogP contribution in [0.5, 0.6) is 0 Å². The fraction of sp³-hybridized carbons (Fsp3) is 0.955. The zero-order valence-electron chi connectivity index (χ0n) is 33.6. The molecule has 5 nitrogen and oxygen atoms in total. The Bertz CT molecular complexity index is 691. The number of carbonyl (C=O) groups excluding carboxylic acids is 2. The van der Waals surface area contributed by atoms with Crippen molar-refractivity contribution in [3.8, 4) is 0 Å². The van der Waals surface area contributed by atoms with E-state index in [2.05, 4.69) is 27.7 Å². The van der Waals surface area contributed by atoms with E-state index in [1.807, 2.05) is 0 Å². The van der Waals surface area contributed by atoms with Gasteiger partial charge in [-0.2, -0.15) is 0 Å². The van der Waals surface area contributed by atoms with E-state index < -0.39 is 6.10 Å². The van der Waals surface area contributed by atoms with Gasteiger partial charge in [-0.3, -0.25) is 9.59 Å². The van der Waals surface area contributed by atoms with Gasteiger partial charge >= 0.3 is 11.9 Å². The van der Waals surface area contributed by atoms with E-state index in [9.17, 15) is 14.7 Å². The average molecular weight is 695 g/mol. The number of unbranched alkanes of at least 4 members (excludes halogenated alkanes) is 27. The summed E-state index contributed by atoms with van der Waals surface area (Å²) < 4.78 is 10.6. The van der Waals surface area contributed by atoms with Crippen LogP contribution < -0.4 is 0 Å². The van der Waals surface area contributed by atoms with Gasteiger partial charge in [-0.1, -0.05) is 214 Å². The summed E-state index contributed by atoms with van der Waals surface area (Å²) in [6, 6.07) is 0. The van der Waals surface area contributed by atoms with Gasteiger partial charge in [0.2, 0.25) is 0 Å². The molecular formula is C44H86O5. The summed E-state index contributed by atoms with van der Waals surface area (Å²) in [6.45, 7) is 8.88. The fourth-order valence-corrected chi connectivity index (χ4v) is 6.69. The van der Waals surface area contributed by atoms with E-state index in [-0.39, 0.29) is 25.2 Å². The van der Waals surface area contributed by atoms with Gasteiger partial charge in [-0.15, -0.1) is 0 Å². The van der Waals surface area contributed by atoms with Crippen molar-refractivity contribution in [3.63, 3.8) is 0 Å². The lowest BCUT2D eigenvalue weighted by Crippen LogP contribution is -2.28. The number of ether oxygens (including phenoxy) is 2. The van der Waals surface area contributed by atoms with Gasteiger partial charge in [0.15, 0.2) is 6.10 Å². The third-order valence-electron chi connectivity index (χ3n) is 10.0. The lowest BCUT2D eigenvalue weighted by Gasteiger charge is -2.15. The highest BCUT2D eigenvalue weighted by atomic mass is 16.6. The second-order valence-corrected chi connectivity index (χ2v) is 16.1. The Morgan fingerprint density at radius 1 is 0.408 bits per heavy atom. The predicted molar refractivity (Wildman–Crippen MR) is 210 cm³/mol. The van der Waals surface area contributed by atoms with E-state index in [1.54, 1.807) is 0 Å². The van der Waals surface area contributed by atoms with Gasteiger partial charge in [0.25, 0.3) is 0 Å². The molecular weight excluding hydrogens is 608 g/mol. The molecule has 0 heterocycles. The highest BCUT2D eigenvalue weighted by Crippen LogP contribution is 2.17. The van der Waals surface area contributed by atoms with Crippen molar-refractivity contribution in [1.29, 1.82) is 0 Å².